The van der Waals surface area contributed by atoms with E-state index in [2.05, 4.69) is 5.32 Å². The zero-order valence-electron chi connectivity index (χ0n) is 16.0. The molecule has 0 fully saturated rings. The van der Waals surface area contributed by atoms with Crippen LogP contribution in [0.15, 0.2) is 60.7 Å². The van der Waals surface area contributed by atoms with Gasteiger partial charge in [-0.3, -0.25) is 0 Å². The van der Waals surface area contributed by atoms with Crippen LogP contribution in [0.25, 0.3) is 0 Å². The topological polar surface area (TPSA) is 66.0 Å². The number of benzene rings is 3. The molecule has 3 aromatic rings. The minimum absolute atomic E-state index is 0.169. The van der Waals surface area contributed by atoms with E-state index in [-0.39, 0.29) is 5.56 Å². The third-order valence-corrected chi connectivity index (χ3v) is 5.02. The summed E-state index contributed by atoms with van der Waals surface area (Å²) in [7, 11) is 0. The quantitative estimate of drug-likeness (QED) is 0.595. The first kappa shape index (κ1) is 21.2. The molecule has 0 aliphatic rings. The number of carboxylic acids is 1. The predicted octanol–water partition coefficient (Wildman–Crippen LogP) is 3.51. The van der Waals surface area contributed by atoms with Crippen molar-refractivity contribution < 1.29 is 20.0 Å². The van der Waals surface area contributed by atoms with E-state index >= 15 is 0 Å². The van der Waals surface area contributed by atoms with Gasteiger partial charge in [-0.2, -0.15) is 0 Å². The van der Waals surface area contributed by atoms with E-state index in [1.54, 1.807) is 30.3 Å². The maximum absolute atomic E-state index is 10.8. The van der Waals surface area contributed by atoms with Crippen LogP contribution in [0.3, 0.4) is 0 Å². The highest BCUT2D eigenvalue weighted by Gasteiger charge is 2.13. The molecule has 0 radical (unpaired) electrons. The van der Waals surface area contributed by atoms with Gasteiger partial charge in [-0.1, -0.05) is 77.3 Å². The summed E-state index contributed by atoms with van der Waals surface area (Å²) in [6.07, 6.45) is 0. The molecular formula is C23H21Cl2NO3. The van der Waals surface area contributed by atoms with Crippen molar-refractivity contribution in [2.45, 2.75) is 26.6 Å². The fraction of sp³-hybridized carbons (Fsp3) is 0.174. The molecule has 3 aromatic carbocycles. The lowest BCUT2D eigenvalue weighted by Crippen LogP contribution is -2.80. The summed E-state index contributed by atoms with van der Waals surface area (Å²) in [5.74, 6) is -0.551. The van der Waals surface area contributed by atoms with Gasteiger partial charge in [0.1, 0.15) is 25.4 Å². The highest BCUT2D eigenvalue weighted by Crippen LogP contribution is 2.32. The molecule has 0 saturated carbocycles. The fourth-order valence-corrected chi connectivity index (χ4v) is 3.53. The van der Waals surface area contributed by atoms with E-state index in [1.165, 1.54) is 5.56 Å². The van der Waals surface area contributed by atoms with E-state index in [0.717, 1.165) is 16.7 Å². The van der Waals surface area contributed by atoms with Gasteiger partial charge in [-0.15, -0.1) is 0 Å². The summed E-state index contributed by atoms with van der Waals surface area (Å²) in [4.78, 5) is 10.8. The summed E-state index contributed by atoms with van der Waals surface area (Å²) < 4.78 is 6.01. The van der Waals surface area contributed by atoms with Crippen LogP contribution in [0.2, 0.25) is 10.0 Å². The van der Waals surface area contributed by atoms with E-state index in [0.29, 0.717) is 35.5 Å². The van der Waals surface area contributed by atoms with Gasteiger partial charge in [0.2, 0.25) is 0 Å². The third kappa shape index (κ3) is 5.97. The molecule has 6 heteroatoms. The molecule has 0 amide bonds. The molecule has 2 N–H and O–H groups in total. The summed E-state index contributed by atoms with van der Waals surface area (Å²) in [6.45, 7) is 3.75. The van der Waals surface area contributed by atoms with E-state index in [9.17, 15) is 9.90 Å². The van der Waals surface area contributed by atoms with Crippen LogP contribution in [0.4, 0.5) is 0 Å². The van der Waals surface area contributed by atoms with Crippen LogP contribution in [0.1, 0.15) is 32.6 Å². The Kier molecular flexibility index (Phi) is 7.15. The summed E-state index contributed by atoms with van der Waals surface area (Å²) in [5.41, 5.74) is 4.33. The lowest BCUT2D eigenvalue weighted by Gasteiger charge is -2.14. The zero-order chi connectivity index (χ0) is 20.8. The molecule has 0 bridgehead atoms. The summed E-state index contributed by atoms with van der Waals surface area (Å²) in [5, 5.41) is 13.9. The van der Waals surface area contributed by atoms with Crippen LogP contribution in [0.5, 0.6) is 5.75 Å². The van der Waals surface area contributed by atoms with Crippen LogP contribution < -0.4 is 15.2 Å². The summed E-state index contributed by atoms with van der Waals surface area (Å²) >= 11 is 12.6. The lowest BCUT2D eigenvalue weighted by atomic mass is 10.1. The molecule has 0 unspecified atom stereocenters. The van der Waals surface area contributed by atoms with Gasteiger partial charge < -0.3 is 20.0 Å². The molecule has 0 spiro atoms. The van der Waals surface area contributed by atoms with Gasteiger partial charge in [0.05, 0.1) is 16.6 Å². The minimum atomic E-state index is -1.18. The molecular weight excluding hydrogens is 409 g/mol. The molecule has 150 valence electrons. The van der Waals surface area contributed by atoms with Gasteiger partial charge in [-0.05, 0) is 30.2 Å². The molecule has 0 heterocycles. The minimum Gasteiger partial charge on any atom is -0.545 e. The predicted molar refractivity (Wildman–Crippen MR) is 112 cm³/mol. The molecule has 0 saturated heterocycles. The van der Waals surface area contributed by atoms with Gasteiger partial charge in [0, 0.05) is 10.6 Å². The molecule has 0 atom stereocenters. The molecule has 0 aromatic heterocycles. The van der Waals surface area contributed by atoms with Crippen molar-refractivity contribution in [3.8, 4) is 5.75 Å². The number of carbonyl (C=O) groups excluding carboxylic acids is 1. The van der Waals surface area contributed by atoms with Crippen molar-refractivity contribution in [1.82, 2.24) is 0 Å². The summed E-state index contributed by atoms with van der Waals surface area (Å²) in [6, 6.07) is 18.3. The Balaban J connectivity index is 1.66. The van der Waals surface area contributed by atoms with Gasteiger partial charge in [-0.25, -0.2) is 0 Å². The maximum atomic E-state index is 10.8. The highest BCUT2D eigenvalue weighted by molar-refractivity contribution is 6.35. The number of hydrogen-bond acceptors (Lipinski definition) is 3. The Morgan fingerprint density at radius 2 is 1.62 bits per heavy atom. The second-order valence-electron chi connectivity index (χ2n) is 6.83. The van der Waals surface area contributed by atoms with Crippen molar-refractivity contribution in [2.75, 3.05) is 0 Å². The van der Waals surface area contributed by atoms with Crippen LogP contribution in [-0.4, -0.2) is 5.97 Å². The third-order valence-electron chi connectivity index (χ3n) is 4.52. The molecule has 0 aliphatic carbocycles. The van der Waals surface area contributed by atoms with Gasteiger partial charge in [0.15, 0.2) is 0 Å². The van der Waals surface area contributed by atoms with E-state index < -0.39 is 5.97 Å². The SMILES string of the molecule is Cc1ccc(COc2c(Cl)cc(Cl)cc2C[NH2+]Cc2ccc(C(=O)[O-])cc2)cc1. The number of aromatic carboxylic acids is 1. The fourth-order valence-electron chi connectivity index (χ4n) is 2.94. The Morgan fingerprint density at radius 3 is 2.28 bits per heavy atom. The lowest BCUT2D eigenvalue weighted by molar-refractivity contribution is -0.686. The average molecular weight is 430 g/mol. The number of carbonyl (C=O) groups is 1. The highest BCUT2D eigenvalue weighted by atomic mass is 35.5. The number of aryl methyl sites for hydroxylation is 1. The van der Waals surface area contributed by atoms with Gasteiger partial charge >= 0.3 is 0 Å². The number of ether oxygens (including phenoxy) is 1. The smallest absolute Gasteiger partial charge is 0.147 e. The Bertz CT molecular complexity index is 986. The molecule has 4 nitrogen and oxygen atoms in total. The average Bonchev–Trinajstić information content (AvgIpc) is 2.69. The number of nitrogens with two attached hydrogens (primary N) is 1. The maximum Gasteiger partial charge on any atom is 0.147 e. The first-order valence-corrected chi connectivity index (χ1v) is 9.96. The van der Waals surface area contributed by atoms with Crippen molar-refractivity contribution in [1.29, 1.82) is 0 Å². The number of halogens is 2. The van der Waals surface area contributed by atoms with E-state index in [4.69, 9.17) is 27.9 Å². The van der Waals surface area contributed by atoms with Crippen molar-refractivity contribution in [3.05, 3.63) is 98.5 Å². The second-order valence-corrected chi connectivity index (χ2v) is 7.68. The zero-order valence-corrected chi connectivity index (χ0v) is 17.5. The van der Waals surface area contributed by atoms with Crippen molar-refractivity contribution >= 4 is 29.2 Å². The molecule has 3 rings (SSSR count). The first-order chi connectivity index (χ1) is 13.9. The van der Waals surface area contributed by atoms with E-state index in [1.807, 2.05) is 37.3 Å². The van der Waals surface area contributed by atoms with Gasteiger partial charge in [0.25, 0.3) is 0 Å². The van der Waals surface area contributed by atoms with Crippen LogP contribution in [0, 0.1) is 6.92 Å². The number of quaternary nitrogens is 1. The molecule has 0 aliphatic heterocycles. The van der Waals surface area contributed by atoms with Crippen molar-refractivity contribution in [2.24, 2.45) is 0 Å². The molecule has 29 heavy (non-hydrogen) atoms. The normalized spacial score (nSPS) is 10.7. The van der Waals surface area contributed by atoms with Crippen molar-refractivity contribution in [3.63, 3.8) is 0 Å². The van der Waals surface area contributed by atoms with Crippen LogP contribution in [-0.2, 0) is 19.7 Å². The Labute approximate surface area is 180 Å². The Morgan fingerprint density at radius 1 is 0.966 bits per heavy atom. The monoisotopic (exact) mass is 429 g/mol. The second kappa shape index (κ2) is 9.79. The van der Waals surface area contributed by atoms with Crippen LogP contribution >= 0.6 is 23.2 Å². The Hall–Kier alpha value is -2.53. The first-order valence-electron chi connectivity index (χ1n) is 9.20. The number of hydrogen-bond donors (Lipinski definition) is 1. The largest absolute Gasteiger partial charge is 0.545 e. The number of rotatable bonds is 8. The number of carboxylic acid groups (broad SMARTS) is 1. The standard InChI is InChI=1S/C23H21Cl2NO3/c1-15-2-4-17(5-3-15)14-29-22-19(10-20(24)11-21(22)25)13-26-12-16-6-8-18(9-7-16)23(27)28/h2-11,26H,12-14H2,1H3,(H,27,28).